The van der Waals surface area contributed by atoms with E-state index in [0.29, 0.717) is 13.0 Å². The van der Waals surface area contributed by atoms with Crippen molar-refractivity contribution >= 4 is 5.91 Å². The first kappa shape index (κ1) is 18.6. The lowest BCUT2D eigenvalue weighted by Gasteiger charge is -2.32. The van der Waals surface area contributed by atoms with Crippen molar-refractivity contribution in [2.75, 3.05) is 13.1 Å². The van der Waals surface area contributed by atoms with Gasteiger partial charge in [0.1, 0.15) is 12.2 Å². The van der Waals surface area contributed by atoms with E-state index in [1.807, 2.05) is 54.6 Å². The number of nitrogens with zero attached hydrogens (tertiary/aromatic N) is 4. The number of rotatable bonds is 5. The summed E-state index contributed by atoms with van der Waals surface area (Å²) in [7, 11) is 1.95. The van der Waals surface area contributed by atoms with Gasteiger partial charge in [-0.3, -0.25) is 4.79 Å². The molecule has 1 N–H and O–H groups in total. The number of carbonyl (C=O) groups is 1. The molecular weight excluding hydrogens is 328 g/mol. The van der Waals surface area contributed by atoms with Crippen LogP contribution in [0, 0.1) is 0 Å². The van der Waals surface area contributed by atoms with Crippen LogP contribution in [0.1, 0.15) is 60.8 Å². The summed E-state index contributed by atoms with van der Waals surface area (Å²) >= 11 is 0. The van der Waals surface area contributed by atoms with E-state index in [0.717, 1.165) is 42.8 Å². The molecule has 2 aromatic rings. The van der Waals surface area contributed by atoms with Crippen LogP contribution in [0.15, 0.2) is 30.6 Å². The van der Waals surface area contributed by atoms with Gasteiger partial charge >= 0.3 is 0 Å². The quantitative estimate of drug-likeness (QED) is 0.894. The summed E-state index contributed by atoms with van der Waals surface area (Å²) in [5, 5.41) is 18.1. The molecule has 0 aliphatic carbocycles. The molecule has 1 aromatic carbocycles. The van der Waals surface area contributed by atoms with Gasteiger partial charge in [0, 0.05) is 31.6 Å². The van der Waals surface area contributed by atoms with Crippen molar-refractivity contribution in [3.8, 4) is 0 Å². The Labute approximate surface area is 154 Å². The van der Waals surface area contributed by atoms with Crippen LogP contribution in [0.25, 0.3) is 0 Å². The number of carbonyl (C=O) groups excluding carboxylic acids is 1. The van der Waals surface area contributed by atoms with Gasteiger partial charge < -0.3 is 14.6 Å². The molecule has 1 amide bonds. The summed E-state index contributed by atoms with van der Waals surface area (Å²) in [5.41, 5.74) is 1.10. The van der Waals surface area contributed by atoms with Gasteiger partial charge in [0.2, 0.25) is 0 Å². The minimum atomic E-state index is -0.698. The van der Waals surface area contributed by atoms with Crippen molar-refractivity contribution in [1.82, 2.24) is 19.7 Å². The first-order chi connectivity index (χ1) is 12.3. The van der Waals surface area contributed by atoms with Crippen LogP contribution < -0.4 is 0 Å². The lowest BCUT2D eigenvalue weighted by Crippen LogP contribution is -2.39. The minimum Gasteiger partial charge on any atom is -0.390 e. The maximum Gasteiger partial charge on any atom is 0.253 e. The maximum absolute atomic E-state index is 13.0. The summed E-state index contributed by atoms with van der Waals surface area (Å²) in [5.74, 6) is 1.25. The summed E-state index contributed by atoms with van der Waals surface area (Å²) in [6.45, 7) is 5.07. The number of aliphatic hydroxyl groups is 1. The molecule has 6 heteroatoms. The van der Waals surface area contributed by atoms with Crippen LogP contribution in [0.2, 0.25) is 0 Å². The van der Waals surface area contributed by atoms with Crippen molar-refractivity contribution in [3.05, 3.63) is 47.5 Å². The number of hydrogen-bond donors (Lipinski definition) is 1. The molecular formula is C20H28N4O2. The lowest BCUT2D eigenvalue weighted by atomic mass is 9.95. The number of aryl methyl sites for hydroxylation is 2. The SMILES string of the molecule is Cn1cnnc1[C@@H]1CCCN(C(=O)c2cccc(CCC(C)(C)O)c2)C1. The summed E-state index contributed by atoms with van der Waals surface area (Å²) in [6.07, 6.45) is 5.14. The Kier molecular flexibility index (Phi) is 5.41. The number of piperidine rings is 1. The topological polar surface area (TPSA) is 71.2 Å². The number of aromatic nitrogens is 3. The normalized spacial score (nSPS) is 18.2. The molecule has 0 spiro atoms. The molecule has 140 valence electrons. The first-order valence-electron chi connectivity index (χ1n) is 9.28. The summed E-state index contributed by atoms with van der Waals surface area (Å²) < 4.78 is 1.94. The number of amides is 1. The highest BCUT2D eigenvalue weighted by molar-refractivity contribution is 5.94. The molecule has 26 heavy (non-hydrogen) atoms. The van der Waals surface area contributed by atoms with Crippen molar-refractivity contribution in [1.29, 1.82) is 0 Å². The van der Waals surface area contributed by atoms with E-state index in [2.05, 4.69) is 10.2 Å². The van der Waals surface area contributed by atoms with E-state index in [1.54, 1.807) is 6.33 Å². The van der Waals surface area contributed by atoms with Gasteiger partial charge in [0.25, 0.3) is 5.91 Å². The van der Waals surface area contributed by atoms with Crippen molar-refractivity contribution < 1.29 is 9.90 Å². The molecule has 0 unspecified atom stereocenters. The van der Waals surface area contributed by atoms with E-state index in [-0.39, 0.29) is 11.8 Å². The second-order valence-corrected chi connectivity index (χ2v) is 7.90. The molecule has 0 radical (unpaired) electrons. The fourth-order valence-corrected chi connectivity index (χ4v) is 3.53. The van der Waals surface area contributed by atoms with Crippen LogP contribution in [0.3, 0.4) is 0 Å². The molecule has 1 aliphatic rings. The van der Waals surface area contributed by atoms with Crippen molar-refractivity contribution in [3.63, 3.8) is 0 Å². The summed E-state index contributed by atoms with van der Waals surface area (Å²) in [6, 6.07) is 7.78. The number of hydrogen-bond acceptors (Lipinski definition) is 4. The molecule has 0 saturated carbocycles. The number of benzene rings is 1. The van der Waals surface area contributed by atoms with Gasteiger partial charge in [-0.05, 0) is 57.2 Å². The highest BCUT2D eigenvalue weighted by Crippen LogP contribution is 2.26. The highest BCUT2D eigenvalue weighted by Gasteiger charge is 2.28. The molecule has 2 heterocycles. The lowest BCUT2D eigenvalue weighted by molar-refractivity contribution is 0.0703. The van der Waals surface area contributed by atoms with Crippen LogP contribution >= 0.6 is 0 Å². The van der Waals surface area contributed by atoms with E-state index in [1.165, 1.54) is 0 Å². The Balaban J connectivity index is 1.69. The molecule has 1 saturated heterocycles. The van der Waals surface area contributed by atoms with Crippen LogP contribution in [-0.4, -0.2) is 49.4 Å². The molecule has 1 aliphatic heterocycles. The molecule has 1 atom stereocenters. The largest absolute Gasteiger partial charge is 0.390 e. The predicted molar refractivity (Wildman–Crippen MR) is 99.9 cm³/mol. The Morgan fingerprint density at radius 2 is 2.19 bits per heavy atom. The van der Waals surface area contributed by atoms with Gasteiger partial charge in [0.05, 0.1) is 5.60 Å². The Morgan fingerprint density at radius 1 is 1.38 bits per heavy atom. The van der Waals surface area contributed by atoms with Gasteiger partial charge in [-0.25, -0.2) is 0 Å². The van der Waals surface area contributed by atoms with E-state index in [9.17, 15) is 9.90 Å². The Morgan fingerprint density at radius 3 is 2.88 bits per heavy atom. The zero-order valence-corrected chi connectivity index (χ0v) is 15.9. The fourth-order valence-electron chi connectivity index (χ4n) is 3.53. The summed E-state index contributed by atoms with van der Waals surface area (Å²) in [4.78, 5) is 14.9. The first-order valence-corrected chi connectivity index (χ1v) is 9.28. The molecule has 6 nitrogen and oxygen atoms in total. The smallest absolute Gasteiger partial charge is 0.253 e. The zero-order valence-electron chi connectivity index (χ0n) is 15.9. The third kappa shape index (κ3) is 4.49. The second kappa shape index (κ2) is 7.58. The number of likely N-dealkylation sites (tertiary alicyclic amines) is 1. The van der Waals surface area contributed by atoms with Crippen LogP contribution in [0.5, 0.6) is 0 Å². The third-order valence-corrected chi connectivity index (χ3v) is 5.02. The maximum atomic E-state index is 13.0. The van der Waals surface area contributed by atoms with Gasteiger partial charge in [-0.1, -0.05) is 12.1 Å². The third-order valence-electron chi connectivity index (χ3n) is 5.02. The monoisotopic (exact) mass is 356 g/mol. The van der Waals surface area contributed by atoms with Crippen LogP contribution in [-0.2, 0) is 13.5 Å². The van der Waals surface area contributed by atoms with E-state index >= 15 is 0 Å². The van der Waals surface area contributed by atoms with Gasteiger partial charge in [-0.15, -0.1) is 10.2 Å². The second-order valence-electron chi connectivity index (χ2n) is 7.90. The Hall–Kier alpha value is -2.21. The molecule has 1 fully saturated rings. The van der Waals surface area contributed by atoms with Gasteiger partial charge in [-0.2, -0.15) is 0 Å². The molecule has 1 aromatic heterocycles. The van der Waals surface area contributed by atoms with Gasteiger partial charge in [0.15, 0.2) is 0 Å². The van der Waals surface area contributed by atoms with E-state index in [4.69, 9.17) is 0 Å². The molecule has 0 bridgehead atoms. The standard InChI is InChI=1S/C20H28N4O2/c1-20(2,26)10-9-15-6-4-7-16(12-15)19(25)24-11-5-8-17(13-24)18-22-21-14-23(18)3/h4,6-7,12,14,17,26H,5,8-11,13H2,1-3H3/t17-/m1/s1. The highest BCUT2D eigenvalue weighted by atomic mass is 16.3. The average molecular weight is 356 g/mol. The van der Waals surface area contributed by atoms with Crippen LogP contribution in [0.4, 0.5) is 0 Å². The Bertz CT molecular complexity index is 763. The van der Waals surface area contributed by atoms with Crippen molar-refractivity contribution in [2.45, 2.75) is 51.0 Å². The predicted octanol–water partition coefficient (Wildman–Crippen LogP) is 2.54. The van der Waals surface area contributed by atoms with Crippen molar-refractivity contribution in [2.24, 2.45) is 7.05 Å². The fraction of sp³-hybridized carbons (Fsp3) is 0.550. The molecule has 3 rings (SSSR count). The average Bonchev–Trinajstić information content (AvgIpc) is 3.05. The minimum absolute atomic E-state index is 0.0713. The van der Waals surface area contributed by atoms with E-state index < -0.39 is 5.60 Å². The zero-order chi connectivity index (χ0) is 18.7.